The van der Waals surface area contributed by atoms with E-state index in [1.807, 2.05) is 31.2 Å². The fourth-order valence-corrected chi connectivity index (χ4v) is 2.20. The molecule has 0 aliphatic heterocycles. The van der Waals surface area contributed by atoms with Gasteiger partial charge < -0.3 is 4.74 Å². The predicted octanol–water partition coefficient (Wildman–Crippen LogP) is 2.30. The summed E-state index contributed by atoms with van der Waals surface area (Å²) in [5, 5.41) is 14.3. The van der Waals surface area contributed by atoms with E-state index in [1.165, 1.54) is 6.20 Å². The maximum absolute atomic E-state index is 11.9. The Bertz CT molecular complexity index is 805. The molecule has 0 N–H and O–H groups in total. The van der Waals surface area contributed by atoms with Crippen LogP contribution in [0, 0.1) is 6.92 Å². The molecular formula is C15H14N4O2. The molecule has 6 nitrogen and oxygen atoms in total. The predicted molar refractivity (Wildman–Crippen MR) is 77.4 cm³/mol. The number of benzene rings is 1. The third kappa shape index (κ3) is 2.24. The molecule has 0 saturated heterocycles. The van der Waals surface area contributed by atoms with Gasteiger partial charge in [0.1, 0.15) is 5.56 Å². The molecule has 0 spiro atoms. The van der Waals surface area contributed by atoms with Gasteiger partial charge in [0.2, 0.25) is 0 Å². The molecule has 0 unspecified atom stereocenters. The van der Waals surface area contributed by atoms with Crippen LogP contribution in [-0.4, -0.2) is 32.6 Å². The fraction of sp³-hybridized carbons (Fsp3) is 0.200. The van der Waals surface area contributed by atoms with E-state index < -0.39 is 0 Å². The van der Waals surface area contributed by atoms with E-state index in [2.05, 4.69) is 15.3 Å². The quantitative estimate of drug-likeness (QED) is 0.689. The maximum Gasteiger partial charge on any atom is 0.341 e. The first kappa shape index (κ1) is 13.2. The van der Waals surface area contributed by atoms with Gasteiger partial charge in [0.05, 0.1) is 24.7 Å². The van der Waals surface area contributed by atoms with Crippen molar-refractivity contribution < 1.29 is 9.53 Å². The van der Waals surface area contributed by atoms with Crippen LogP contribution in [0.3, 0.4) is 0 Å². The Morgan fingerprint density at radius 3 is 2.90 bits per heavy atom. The smallest absolute Gasteiger partial charge is 0.341 e. The molecule has 3 rings (SSSR count). The number of nitrogens with zero attached hydrogens (tertiary/aromatic N) is 4. The van der Waals surface area contributed by atoms with Crippen LogP contribution in [0.4, 0.5) is 0 Å². The Labute approximate surface area is 121 Å². The van der Waals surface area contributed by atoms with Crippen molar-refractivity contribution in [2.45, 2.75) is 13.8 Å². The standard InChI is InChI=1S/C15H14N4O2/c1-3-21-15(20)13-9-17-19(10(13)2)14-12-7-5-4-6-11(12)8-16-18-14/h4-9H,3H2,1-2H3. The summed E-state index contributed by atoms with van der Waals surface area (Å²) in [5.74, 6) is 0.218. The summed E-state index contributed by atoms with van der Waals surface area (Å²) in [7, 11) is 0. The normalized spacial score (nSPS) is 10.8. The summed E-state index contributed by atoms with van der Waals surface area (Å²) in [5.41, 5.74) is 1.12. The maximum atomic E-state index is 11.9. The van der Waals surface area contributed by atoms with Crippen LogP contribution >= 0.6 is 0 Å². The van der Waals surface area contributed by atoms with Gasteiger partial charge in [-0.3, -0.25) is 0 Å². The Balaban J connectivity index is 2.14. The molecule has 0 bridgehead atoms. The zero-order valence-corrected chi connectivity index (χ0v) is 11.8. The van der Waals surface area contributed by atoms with E-state index in [1.54, 1.807) is 17.8 Å². The van der Waals surface area contributed by atoms with Gasteiger partial charge in [-0.15, -0.1) is 5.10 Å². The summed E-state index contributed by atoms with van der Waals surface area (Å²) in [6.07, 6.45) is 3.20. The van der Waals surface area contributed by atoms with Crippen molar-refractivity contribution in [2.75, 3.05) is 6.61 Å². The van der Waals surface area contributed by atoms with Crippen LogP contribution in [0.15, 0.2) is 36.7 Å². The molecule has 6 heteroatoms. The van der Waals surface area contributed by atoms with Crippen molar-refractivity contribution in [1.82, 2.24) is 20.0 Å². The van der Waals surface area contributed by atoms with Crippen LogP contribution in [0.25, 0.3) is 16.6 Å². The van der Waals surface area contributed by atoms with E-state index in [4.69, 9.17) is 4.74 Å². The number of fused-ring (bicyclic) bond motifs is 1. The lowest BCUT2D eigenvalue weighted by Crippen LogP contribution is -2.08. The van der Waals surface area contributed by atoms with E-state index >= 15 is 0 Å². The fourth-order valence-electron chi connectivity index (χ4n) is 2.20. The monoisotopic (exact) mass is 282 g/mol. The molecule has 0 aliphatic carbocycles. The Hall–Kier alpha value is -2.76. The van der Waals surface area contributed by atoms with Gasteiger partial charge in [-0.1, -0.05) is 24.3 Å². The van der Waals surface area contributed by atoms with E-state index in [0.29, 0.717) is 23.7 Å². The van der Waals surface area contributed by atoms with Gasteiger partial charge in [-0.2, -0.15) is 10.2 Å². The van der Waals surface area contributed by atoms with Crippen LogP contribution in [0.1, 0.15) is 23.0 Å². The number of carbonyl (C=O) groups excluding carboxylic acids is 1. The minimum Gasteiger partial charge on any atom is -0.462 e. The Kier molecular flexibility index (Phi) is 3.35. The summed E-state index contributed by atoms with van der Waals surface area (Å²) in [4.78, 5) is 11.9. The highest BCUT2D eigenvalue weighted by molar-refractivity contribution is 5.91. The minimum atomic E-state index is -0.380. The van der Waals surface area contributed by atoms with Crippen molar-refractivity contribution >= 4 is 16.7 Å². The number of carbonyl (C=O) groups is 1. The van der Waals surface area contributed by atoms with Crippen LogP contribution < -0.4 is 0 Å². The molecule has 1 aromatic carbocycles. The summed E-state index contributed by atoms with van der Waals surface area (Å²) >= 11 is 0. The lowest BCUT2D eigenvalue weighted by atomic mass is 10.2. The Morgan fingerprint density at radius 2 is 2.10 bits per heavy atom. The molecule has 21 heavy (non-hydrogen) atoms. The highest BCUT2D eigenvalue weighted by Gasteiger charge is 2.18. The van der Waals surface area contributed by atoms with Crippen LogP contribution in [0.5, 0.6) is 0 Å². The summed E-state index contributed by atoms with van der Waals surface area (Å²) in [6.45, 7) is 3.91. The molecule has 3 aromatic rings. The van der Waals surface area contributed by atoms with Crippen molar-refractivity contribution in [3.05, 3.63) is 47.9 Å². The topological polar surface area (TPSA) is 69.9 Å². The van der Waals surface area contributed by atoms with Gasteiger partial charge in [0.15, 0.2) is 5.82 Å². The number of esters is 1. The number of hydrogen-bond acceptors (Lipinski definition) is 5. The minimum absolute atomic E-state index is 0.331. The summed E-state index contributed by atoms with van der Waals surface area (Å²) < 4.78 is 6.63. The first-order chi connectivity index (χ1) is 10.2. The zero-order chi connectivity index (χ0) is 14.8. The van der Waals surface area contributed by atoms with Gasteiger partial charge in [-0.05, 0) is 13.8 Å². The molecular weight excluding hydrogens is 268 g/mol. The van der Waals surface area contributed by atoms with Crippen molar-refractivity contribution in [3.8, 4) is 5.82 Å². The first-order valence-corrected chi connectivity index (χ1v) is 6.65. The molecule has 0 aliphatic rings. The number of rotatable bonds is 3. The SMILES string of the molecule is CCOC(=O)c1cnn(-c2nncc3ccccc23)c1C. The van der Waals surface area contributed by atoms with E-state index in [-0.39, 0.29) is 5.97 Å². The molecule has 106 valence electrons. The second kappa shape index (κ2) is 5.32. The third-order valence-electron chi connectivity index (χ3n) is 3.26. The summed E-state index contributed by atoms with van der Waals surface area (Å²) in [6, 6.07) is 7.77. The second-order valence-electron chi connectivity index (χ2n) is 4.53. The van der Waals surface area contributed by atoms with Crippen molar-refractivity contribution in [3.63, 3.8) is 0 Å². The Morgan fingerprint density at radius 1 is 1.29 bits per heavy atom. The van der Waals surface area contributed by atoms with Gasteiger partial charge in [-0.25, -0.2) is 9.48 Å². The molecule has 0 fully saturated rings. The second-order valence-corrected chi connectivity index (χ2v) is 4.53. The number of aromatic nitrogens is 4. The van der Waals surface area contributed by atoms with E-state index in [9.17, 15) is 4.79 Å². The lowest BCUT2D eigenvalue weighted by Gasteiger charge is -2.07. The van der Waals surface area contributed by atoms with Crippen molar-refractivity contribution in [1.29, 1.82) is 0 Å². The van der Waals surface area contributed by atoms with Crippen LogP contribution in [-0.2, 0) is 4.74 Å². The average molecular weight is 282 g/mol. The molecule has 2 heterocycles. The largest absolute Gasteiger partial charge is 0.462 e. The molecule has 0 saturated carbocycles. The van der Waals surface area contributed by atoms with Gasteiger partial charge in [0.25, 0.3) is 0 Å². The average Bonchev–Trinajstić information content (AvgIpc) is 2.88. The van der Waals surface area contributed by atoms with Gasteiger partial charge >= 0.3 is 5.97 Å². The highest BCUT2D eigenvalue weighted by Crippen LogP contribution is 2.21. The number of hydrogen-bond donors (Lipinski definition) is 0. The van der Waals surface area contributed by atoms with Crippen molar-refractivity contribution in [2.24, 2.45) is 0 Å². The number of ether oxygens (including phenoxy) is 1. The van der Waals surface area contributed by atoms with E-state index in [0.717, 1.165) is 10.8 Å². The van der Waals surface area contributed by atoms with Gasteiger partial charge in [0, 0.05) is 10.8 Å². The molecule has 2 aromatic heterocycles. The molecule has 0 radical (unpaired) electrons. The first-order valence-electron chi connectivity index (χ1n) is 6.65. The highest BCUT2D eigenvalue weighted by atomic mass is 16.5. The molecule has 0 atom stereocenters. The lowest BCUT2D eigenvalue weighted by molar-refractivity contribution is 0.0525. The zero-order valence-electron chi connectivity index (χ0n) is 11.8. The molecule has 0 amide bonds. The third-order valence-corrected chi connectivity index (χ3v) is 3.26. The van der Waals surface area contributed by atoms with Crippen LogP contribution in [0.2, 0.25) is 0 Å².